The van der Waals surface area contributed by atoms with Crippen LogP contribution in [-0.2, 0) is 22.6 Å². The minimum Gasteiger partial charge on any atom is -0.394 e. The number of amides is 1. The number of carbonyl (C=O) groups is 1. The number of nitrogens with one attached hydrogen (secondary N) is 1. The SMILES string of the molecule is COCc1cn(CC[C@@H]2CC[C@@H](NC(=O)c3ccc(F)cc3)[C@H](CO)O2)nn1. The number of aliphatic hydroxyl groups excluding tert-OH is 1. The number of halogens is 1. The van der Waals surface area contributed by atoms with Gasteiger partial charge in [0.1, 0.15) is 17.6 Å². The second kappa shape index (κ2) is 9.72. The lowest BCUT2D eigenvalue weighted by atomic mass is 9.96. The van der Waals surface area contributed by atoms with E-state index in [-0.39, 0.29) is 24.7 Å². The third kappa shape index (κ3) is 5.34. The second-order valence-corrected chi connectivity index (χ2v) is 6.84. The number of aryl methyl sites for hydroxylation is 1. The lowest BCUT2D eigenvalue weighted by Crippen LogP contribution is -2.51. The molecule has 3 atom stereocenters. The Morgan fingerprint density at radius 1 is 1.39 bits per heavy atom. The molecule has 3 rings (SSSR count). The molecule has 1 saturated heterocycles. The summed E-state index contributed by atoms with van der Waals surface area (Å²) in [5.41, 5.74) is 1.14. The lowest BCUT2D eigenvalue weighted by molar-refractivity contribution is -0.0912. The topological polar surface area (TPSA) is 98.5 Å². The van der Waals surface area contributed by atoms with Crippen LogP contribution in [0.2, 0.25) is 0 Å². The van der Waals surface area contributed by atoms with Crippen LogP contribution < -0.4 is 5.32 Å². The summed E-state index contributed by atoms with van der Waals surface area (Å²) in [6, 6.07) is 5.06. The molecule has 1 aliphatic rings. The summed E-state index contributed by atoms with van der Waals surface area (Å²) >= 11 is 0. The Kier molecular flexibility index (Phi) is 7.07. The summed E-state index contributed by atoms with van der Waals surface area (Å²) in [6.45, 7) is 0.875. The first kappa shape index (κ1) is 20.4. The molecule has 28 heavy (non-hydrogen) atoms. The standard InChI is InChI=1S/C19H25FN4O4/c1-27-12-15-10-24(23-22-15)9-8-16-6-7-17(18(11-25)28-16)21-19(26)13-2-4-14(20)5-3-13/h2-5,10,16-18,25H,6-9,11-12H2,1H3,(H,21,26)/t16-,17+,18-/m0/s1. The highest BCUT2D eigenvalue weighted by atomic mass is 19.1. The van der Waals surface area contributed by atoms with Gasteiger partial charge in [-0.15, -0.1) is 5.10 Å². The van der Waals surface area contributed by atoms with E-state index >= 15 is 0 Å². The van der Waals surface area contributed by atoms with Crippen LogP contribution in [0.25, 0.3) is 0 Å². The predicted molar refractivity (Wildman–Crippen MR) is 98.0 cm³/mol. The van der Waals surface area contributed by atoms with Gasteiger partial charge in [0.25, 0.3) is 5.91 Å². The molecule has 2 aromatic rings. The molecule has 152 valence electrons. The van der Waals surface area contributed by atoms with Crippen molar-refractivity contribution < 1.29 is 23.8 Å². The smallest absolute Gasteiger partial charge is 0.251 e. The largest absolute Gasteiger partial charge is 0.394 e. The zero-order chi connectivity index (χ0) is 19.9. The molecule has 0 spiro atoms. The zero-order valence-corrected chi connectivity index (χ0v) is 15.8. The molecular formula is C19H25FN4O4. The molecule has 2 heterocycles. The molecule has 0 saturated carbocycles. The van der Waals surface area contributed by atoms with Crippen LogP contribution in [0, 0.1) is 5.82 Å². The number of methoxy groups -OCH3 is 1. The van der Waals surface area contributed by atoms with Gasteiger partial charge < -0.3 is 19.9 Å². The Morgan fingerprint density at radius 2 is 2.18 bits per heavy atom. The van der Waals surface area contributed by atoms with Crippen molar-refractivity contribution in [1.29, 1.82) is 0 Å². The molecule has 0 radical (unpaired) electrons. The van der Waals surface area contributed by atoms with Crippen LogP contribution in [0.15, 0.2) is 30.5 Å². The van der Waals surface area contributed by atoms with Crippen LogP contribution in [0.4, 0.5) is 4.39 Å². The van der Waals surface area contributed by atoms with Crippen molar-refractivity contribution in [2.75, 3.05) is 13.7 Å². The van der Waals surface area contributed by atoms with Crippen molar-refractivity contribution >= 4 is 5.91 Å². The number of benzene rings is 1. The van der Waals surface area contributed by atoms with Crippen LogP contribution in [0.5, 0.6) is 0 Å². The normalized spacial score (nSPS) is 22.2. The average Bonchev–Trinajstić information content (AvgIpc) is 3.15. The quantitative estimate of drug-likeness (QED) is 0.703. The van der Waals surface area contributed by atoms with E-state index in [0.717, 1.165) is 18.5 Å². The first-order chi connectivity index (χ1) is 13.6. The van der Waals surface area contributed by atoms with Crippen LogP contribution in [-0.4, -0.2) is 58.0 Å². The molecule has 1 aliphatic heterocycles. The molecule has 1 amide bonds. The molecule has 2 N–H and O–H groups in total. The third-order valence-electron chi connectivity index (χ3n) is 4.78. The Labute approximate surface area is 162 Å². The maximum absolute atomic E-state index is 13.0. The lowest BCUT2D eigenvalue weighted by Gasteiger charge is -2.36. The average molecular weight is 392 g/mol. The summed E-state index contributed by atoms with van der Waals surface area (Å²) in [6.07, 6.45) is 3.49. The summed E-state index contributed by atoms with van der Waals surface area (Å²) in [4.78, 5) is 12.3. The highest BCUT2D eigenvalue weighted by molar-refractivity contribution is 5.94. The van der Waals surface area contributed by atoms with Gasteiger partial charge in [-0.2, -0.15) is 0 Å². The van der Waals surface area contributed by atoms with E-state index in [0.29, 0.717) is 25.1 Å². The minimum atomic E-state index is -0.483. The fraction of sp³-hybridized carbons (Fsp3) is 0.526. The van der Waals surface area contributed by atoms with Crippen molar-refractivity contribution in [1.82, 2.24) is 20.3 Å². The number of hydrogen-bond donors (Lipinski definition) is 2. The van der Waals surface area contributed by atoms with Gasteiger partial charge in [-0.1, -0.05) is 5.21 Å². The maximum atomic E-state index is 13.0. The fourth-order valence-electron chi connectivity index (χ4n) is 3.30. The number of aromatic nitrogens is 3. The first-order valence-corrected chi connectivity index (χ1v) is 9.29. The van der Waals surface area contributed by atoms with E-state index in [9.17, 15) is 14.3 Å². The van der Waals surface area contributed by atoms with E-state index in [1.54, 1.807) is 11.8 Å². The van der Waals surface area contributed by atoms with Crippen LogP contribution >= 0.6 is 0 Å². The fourth-order valence-corrected chi connectivity index (χ4v) is 3.30. The van der Waals surface area contributed by atoms with E-state index in [1.807, 2.05) is 6.20 Å². The van der Waals surface area contributed by atoms with Gasteiger partial charge in [0.05, 0.1) is 31.6 Å². The molecule has 1 aromatic carbocycles. The van der Waals surface area contributed by atoms with E-state index < -0.39 is 11.9 Å². The highest BCUT2D eigenvalue weighted by Gasteiger charge is 2.32. The van der Waals surface area contributed by atoms with Crippen molar-refractivity contribution in [3.63, 3.8) is 0 Å². The number of carbonyl (C=O) groups excluding carboxylic acids is 1. The van der Waals surface area contributed by atoms with E-state index in [2.05, 4.69) is 15.6 Å². The maximum Gasteiger partial charge on any atom is 0.251 e. The van der Waals surface area contributed by atoms with E-state index in [1.165, 1.54) is 24.3 Å². The Morgan fingerprint density at radius 3 is 2.89 bits per heavy atom. The Balaban J connectivity index is 1.49. The predicted octanol–water partition coefficient (Wildman–Crippen LogP) is 1.29. The van der Waals surface area contributed by atoms with E-state index in [4.69, 9.17) is 9.47 Å². The zero-order valence-electron chi connectivity index (χ0n) is 15.8. The van der Waals surface area contributed by atoms with Gasteiger partial charge in [-0.05, 0) is 43.5 Å². The van der Waals surface area contributed by atoms with Gasteiger partial charge in [0, 0.05) is 19.2 Å². The third-order valence-corrected chi connectivity index (χ3v) is 4.78. The molecular weight excluding hydrogens is 367 g/mol. The van der Waals surface area contributed by atoms with Crippen LogP contribution in [0.3, 0.4) is 0 Å². The summed E-state index contributed by atoms with van der Waals surface area (Å²) in [7, 11) is 1.61. The Hall–Kier alpha value is -2.36. The highest BCUT2D eigenvalue weighted by Crippen LogP contribution is 2.22. The van der Waals surface area contributed by atoms with Gasteiger partial charge in [-0.25, -0.2) is 4.39 Å². The summed E-state index contributed by atoms with van der Waals surface area (Å²) < 4.78 is 25.7. The van der Waals surface area contributed by atoms with Gasteiger partial charge in [0.15, 0.2) is 0 Å². The van der Waals surface area contributed by atoms with Gasteiger partial charge in [0.2, 0.25) is 0 Å². The number of aliphatic hydroxyl groups is 1. The van der Waals surface area contributed by atoms with Gasteiger partial charge in [-0.3, -0.25) is 9.48 Å². The molecule has 1 aromatic heterocycles. The number of hydrogen-bond acceptors (Lipinski definition) is 6. The number of rotatable bonds is 8. The summed E-state index contributed by atoms with van der Waals surface area (Å²) in [5, 5.41) is 20.6. The first-order valence-electron chi connectivity index (χ1n) is 9.29. The molecule has 8 nitrogen and oxygen atoms in total. The molecule has 0 bridgehead atoms. The monoisotopic (exact) mass is 392 g/mol. The van der Waals surface area contributed by atoms with Crippen molar-refractivity contribution in [3.8, 4) is 0 Å². The molecule has 1 fully saturated rings. The van der Waals surface area contributed by atoms with Crippen LogP contribution in [0.1, 0.15) is 35.3 Å². The molecule has 0 unspecified atom stereocenters. The Bertz CT molecular complexity index is 768. The van der Waals surface area contributed by atoms with Crippen molar-refractivity contribution in [2.45, 2.75) is 50.7 Å². The number of nitrogens with zero attached hydrogens (tertiary/aromatic N) is 3. The molecule has 9 heteroatoms. The molecule has 0 aliphatic carbocycles. The van der Waals surface area contributed by atoms with Crippen molar-refractivity contribution in [3.05, 3.63) is 47.5 Å². The van der Waals surface area contributed by atoms with Gasteiger partial charge >= 0.3 is 0 Å². The van der Waals surface area contributed by atoms with Crippen molar-refractivity contribution in [2.24, 2.45) is 0 Å². The summed E-state index contributed by atoms with van der Waals surface area (Å²) in [5.74, 6) is -0.700. The number of ether oxygens (including phenoxy) is 2. The second-order valence-electron chi connectivity index (χ2n) is 6.84. The minimum absolute atomic E-state index is 0.0359.